The monoisotopic (exact) mass is 610 g/mol. The zero-order valence-corrected chi connectivity index (χ0v) is 25.3. The van der Waals surface area contributed by atoms with Crippen LogP contribution in [-0.2, 0) is 19.1 Å². The topological polar surface area (TPSA) is 52.6 Å². The molecule has 0 aliphatic rings. The lowest BCUT2D eigenvalue weighted by molar-refractivity contribution is -0.144. The van der Waals surface area contributed by atoms with Crippen molar-refractivity contribution in [3.63, 3.8) is 0 Å². The van der Waals surface area contributed by atoms with Gasteiger partial charge in [0.15, 0.2) is 0 Å². The van der Waals surface area contributed by atoms with Gasteiger partial charge < -0.3 is 9.47 Å². The van der Waals surface area contributed by atoms with Gasteiger partial charge in [-0.05, 0) is 12.8 Å². The summed E-state index contributed by atoms with van der Waals surface area (Å²) in [6, 6.07) is 0. The number of esters is 2. The third-order valence-corrected chi connectivity index (χ3v) is 6.61. The van der Waals surface area contributed by atoms with Crippen molar-refractivity contribution in [1.29, 1.82) is 0 Å². The summed E-state index contributed by atoms with van der Waals surface area (Å²) in [5.41, 5.74) is 0. The fourth-order valence-corrected chi connectivity index (χ4v) is 4.51. The molecule has 0 aliphatic heterocycles. The second kappa shape index (κ2) is 26.0. The molecule has 0 rings (SSSR count). The van der Waals surface area contributed by atoms with Crippen LogP contribution in [0.1, 0.15) is 142 Å². The number of unbranched alkanes of at least 4 members (excludes halogenated alkanes) is 17. The van der Waals surface area contributed by atoms with Crippen LogP contribution in [0, 0.1) is 0 Å². The van der Waals surface area contributed by atoms with E-state index in [0.29, 0.717) is 26.1 Å². The van der Waals surface area contributed by atoms with Crippen LogP contribution in [0.25, 0.3) is 0 Å². The van der Waals surface area contributed by atoms with E-state index >= 15 is 0 Å². The SMILES string of the molecule is CC(Br)CC(=O)OCCCCCCCCCCCCCCCCCCCCOC(=O)CC(C)Br. The molecule has 2 atom stereocenters. The summed E-state index contributed by atoms with van der Waals surface area (Å²) in [6.07, 6.45) is 24.2. The molecule has 0 heterocycles. The van der Waals surface area contributed by atoms with Crippen molar-refractivity contribution in [3.8, 4) is 0 Å². The molecule has 0 N–H and O–H groups in total. The standard InChI is InChI=1S/C28H52Br2O4/c1-25(29)23-27(31)33-21-19-17-15-13-11-9-7-5-3-4-6-8-10-12-14-16-18-20-22-34-28(32)24-26(2)30/h25-26H,3-24H2,1-2H3. The predicted molar refractivity (Wildman–Crippen MR) is 151 cm³/mol. The second-order valence-corrected chi connectivity index (χ2v) is 12.9. The van der Waals surface area contributed by atoms with E-state index in [1.807, 2.05) is 13.8 Å². The van der Waals surface area contributed by atoms with Gasteiger partial charge in [-0.3, -0.25) is 9.59 Å². The van der Waals surface area contributed by atoms with Crippen LogP contribution in [0.15, 0.2) is 0 Å². The summed E-state index contributed by atoms with van der Waals surface area (Å²) in [5, 5.41) is 0. The fraction of sp³-hybridized carbons (Fsp3) is 0.929. The van der Waals surface area contributed by atoms with E-state index in [-0.39, 0.29) is 21.6 Å². The molecule has 0 fully saturated rings. The van der Waals surface area contributed by atoms with Crippen LogP contribution in [0.3, 0.4) is 0 Å². The Bertz CT molecular complexity index is 427. The molecule has 0 amide bonds. The largest absolute Gasteiger partial charge is 0.466 e. The molecule has 0 bridgehead atoms. The van der Waals surface area contributed by atoms with Crippen LogP contribution in [-0.4, -0.2) is 34.8 Å². The van der Waals surface area contributed by atoms with Crippen LogP contribution >= 0.6 is 31.9 Å². The highest BCUT2D eigenvalue weighted by molar-refractivity contribution is 9.09. The van der Waals surface area contributed by atoms with E-state index in [0.717, 1.165) is 12.8 Å². The molecular weight excluding hydrogens is 560 g/mol. The maximum atomic E-state index is 11.4. The van der Waals surface area contributed by atoms with Crippen molar-refractivity contribution >= 4 is 43.8 Å². The highest BCUT2D eigenvalue weighted by Gasteiger charge is 2.07. The van der Waals surface area contributed by atoms with Crippen molar-refractivity contribution in [2.24, 2.45) is 0 Å². The van der Waals surface area contributed by atoms with E-state index in [2.05, 4.69) is 31.9 Å². The van der Waals surface area contributed by atoms with Crippen molar-refractivity contribution < 1.29 is 19.1 Å². The minimum absolute atomic E-state index is 0.0896. The Morgan fingerprint density at radius 2 is 0.676 bits per heavy atom. The first-order chi connectivity index (χ1) is 16.4. The predicted octanol–water partition coefficient (Wildman–Crippen LogP) is 9.44. The molecule has 4 nitrogen and oxygen atoms in total. The molecule has 0 aromatic carbocycles. The molecule has 0 aromatic rings. The third kappa shape index (κ3) is 28.1. The minimum Gasteiger partial charge on any atom is -0.466 e. The lowest BCUT2D eigenvalue weighted by Crippen LogP contribution is -2.09. The number of ether oxygens (including phenoxy) is 2. The minimum atomic E-state index is -0.0896. The van der Waals surface area contributed by atoms with Gasteiger partial charge in [-0.25, -0.2) is 0 Å². The van der Waals surface area contributed by atoms with Crippen LogP contribution in [0.4, 0.5) is 0 Å². The Kier molecular flexibility index (Phi) is 25.9. The quantitative estimate of drug-likeness (QED) is 0.0586. The van der Waals surface area contributed by atoms with Gasteiger partial charge in [-0.2, -0.15) is 0 Å². The number of halogens is 2. The summed E-state index contributed by atoms with van der Waals surface area (Å²) in [4.78, 5) is 23.3. The van der Waals surface area contributed by atoms with Crippen molar-refractivity contribution in [1.82, 2.24) is 0 Å². The van der Waals surface area contributed by atoms with Crippen LogP contribution < -0.4 is 0 Å². The Morgan fingerprint density at radius 1 is 0.471 bits per heavy atom. The zero-order valence-electron chi connectivity index (χ0n) is 22.1. The van der Waals surface area contributed by atoms with E-state index in [1.165, 1.54) is 103 Å². The van der Waals surface area contributed by atoms with Gasteiger partial charge in [0.25, 0.3) is 0 Å². The molecule has 0 aliphatic carbocycles. The average molecular weight is 613 g/mol. The zero-order chi connectivity index (χ0) is 25.3. The Labute approximate surface area is 227 Å². The summed E-state index contributed by atoms with van der Waals surface area (Å²) < 4.78 is 10.4. The maximum Gasteiger partial charge on any atom is 0.306 e. The summed E-state index contributed by atoms with van der Waals surface area (Å²) in [6.45, 7) is 5.08. The van der Waals surface area contributed by atoms with Gasteiger partial charge in [-0.1, -0.05) is 148 Å². The fourth-order valence-electron chi connectivity index (χ4n) is 3.98. The number of carbonyl (C=O) groups is 2. The van der Waals surface area contributed by atoms with Gasteiger partial charge in [-0.15, -0.1) is 0 Å². The number of rotatable bonds is 25. The van der Waals surface area contributed by atoms with E-state index in [1.54, 1.807) is 0 Å². The summed E-state index contributed by atoms with van der Waals surface area (Å²) in [5.74, 6) is -0.179. The Hall–Kier alpha value is -0.100. The summed E-state index contributed by atoms with van der Waals surface area (Å²) in [7, 11) is 0. The molecule has 202 valence electrons. The van der Waals surface area contributed by atoms with E-state index in [9.17, 15) is 9.59 Å². The molecule has 0 radical (unpaired) electrons. The maximum absolute atomic E-state index is 11.4. The molecule has 0 aromatic heterocycles. The van der Waals surface area contributed by atoms with Crippen molar-refractivity contribution in [2.45, 2.75) is 152 Å². The van der Waals surface area contributed by atoms with Crippen molar-refractivity contribution in [3.05, 3.63) is 0 Å². The first-order valence-corrected chi connectivity index (χ1v) is 15.8. The molecule has 34 heavy (non-hydrogen) atoms. The normalized spacial score (nSPS) is 12.9. The highest BCUT2D eigenvalue weighted by Crippen LogP contribution is 2.14. The molecule has 0 saturated heterocycles. The average Bonchev–Trinajstić information content (AvgIpc) is 2.76. The Balaban J connectivity index is 3.13. The summed E-state index contributed by atoms with van der Waals surface area (Å²) >= 11 is 6.74. The van der Waals surface area contributed by atoms with E-state index in [4.69, 9.17) is 9.47 Å². The Morgan fingerprint density at radius 3 is 0.882 bits per heavy atom. The number of carbonyl (C=O) groups excluding carboxylic acids is 2. The number of hydrogen-bond donors (Lipinski definition) is 0. The van der Waals surface area contributed by atoms with Crippen LogP contribution in [0.2, 0.25) is 0 Å². The number of alkyl halides is 2. The molecule has 2 unspecified atom stereocenters. The third-order valence-electron chi connectivity index (χ3n) is 5.96. The van der Waals surface area contributed by atoms with Crippen molar-refractivity contribution in [2.75, 3.05) is 13.2 Å². The van der Waals surface area contributed by atoms with Gasteiger partial charge in [0.1, 0.15) is 0 Å². The molecular formula is C28H52Br2O4. The first kappa shape index (κ1) is 33.9. The highest BCUT2D eigenvalue weighted by atomic mass is 79.9. The lowest BCUT2D eigenvalue weighted by atomic mass is 10.0. The van der Waals surface area contributed by atoms with Gasteiger partial charge in [0.05, 0.1) is 26.1 Å². The molecule has 0 spiro atoms. The number of hydrogen-bond acceptors (Lipinski definition) is 4. The van der Waals surface area contributed by atoms with Gasteiger partial charge in [0, 0.05) is 9.65 Å². The first-order valence-electron chi connectivity index (χ1n) is 14.0. The van der Waals surface area contributed by atoms with Gasteiger partial charge >= 0.3 is 11.9 Å². The van der Waals surface area contributed by atoms with E-state index < -0.39 is 0 Å². The molecule has 0 saturated carbocycles. The smallest absolute Gasteiger partial charge is 0.306 e. The van der Waals surface area contributed by atoms with Crippen LogP contribution in [0.5, 0.6) is 0 Å². The van der Waals surface area contributed by atoms with Gasteiger partial charge in [0.2, 0.25) is 0 Å². The molecule has 6 heteroatoms. The second-order valence-electron chi connectivity index (χ2n) is 9.77. The lowest BCUT2D eigenvalue weighted by Gasteiger charge is -2.06.